The topological polar surface area (TPSA) is 72.9 Å². The van der Waals surface area contributed by atoms with Crippen LogP contribution in [0.25, 0.3) is 0 Å². The Balaban J connectivity index is 2.45. The number of hydrogen-bond acceptors (Lipinski definition) is 4. The van der Waals surface area contributed by atoms with Crippen molar-refractivity contribution in [3.8, 4) is 0 Å². The fourth-order valence-electron chi connectivity index (χ4n) is 2.04. The number of carboxylic acid groups (broad SMARTS) is 1. The Bertz CT molecular complexity index is 288. The van der Waals surface area contributed by atoms with E-state index in [-0.39, 0.29) is 24.9 Å². The van der Waals surface area contributed by atoms with Crippen LogP contribution in [-0.2, 0) is 9.59 Å². The molecule has 1 saturated heterocycles. The molecule has 0 unspecified atom stereocenters. The van der Waals surface area contributed by atoms with E-state index in [1.54, 1.807) is 4.90 Å². The van der Waals surface area contributed by atoms with Gasteiger partial charge in [-0.15, -0.1) is 0 Å². The van der Waals surface area contributed by atoms with Gasteiger partial charge in [0.1, 0.15) is 0 Å². The number of piperazine rings is 1. The summed E-state index contributed by atoms with van der Waals surface area (Å²) in [7, 11) is 0. The van der Waals surface area contributed by atoms with Gasteiger partial charge >= 0.3 is 5.97 Å². The van der Waals surface area contributed by atoms with Crippen LogP contribution in [0.15, 0.2) is 0 Å². The van der Waals surface area contributed by atoms with Gasteiger partial charge in [0, 0.05) is 38.8 Å². The predicted octanol–water partition coefficient (Wildman–Crippen LogP) is -0.397. The third kappa shape index (κ3) is 5.01. The number of nitrogens with one attached hydrogen (secondary N) is 1. The maximum Gasteiger partial charge on any atom is 0.305 e. The van der Waals surface area contributed by atoms with Crippen LogP contribution in [0.1, 0.15) is 20.3 Å². The number of carbonyl (C=O) groups is 2. The minimum Gasteiger partial charge on any atom is -0.481 e. The predicted molar refractivity (Wildman–Crippen MR) is 68.4 cm³/mol. The molecule has 1 aliphatic heterocycles. The Hall–Kier alpha value is -1.14. The van der Waals surface area contributed by atoms with Gasteiger partial charge in [-0.05, 0) is 13.8 Å². The van der Waals surface area contributed by atoms with Crippen molar-refractivity contribution in [1.82, 2.24) is 15.1 Å². The zero-order valence-corrected chi connectivity index (χ0v) is 11.2. The Labute approximate surface area is 108 Å². The Morgan fingerprint density at radius 3 is 2.44 bits per heavy atom. The highest BCUT2D eigenvalue weighted by Gasteiger charge is 2.21. The van der Waals surface area contributed by atoms with Crippen molar-refractivity contribution in [2.75, 3.05) is 39.3 Å². The van der Waals surface area contributed by atoms with Crippen molar-refractivity contribution >= 4 is 11.9 Å². The maximum absolute atomic E-state index is 12.1. The summed E-state index contributed by atoms with van der Waals surface area (Å²) in [5.41, 5.74) is 0. The van der Waals surface area contributed by atoms with Crippen LogP contribution in [0.2, 0.25) is 0 Å². The lowest BCUT2D eigenvalue weighted by Gasteiger charge is -2.31. The van der Waals surface area contributed by atoms with Crippen molar-refractivity contribution in [3.63, 3.8) is 0 Å². The van der Waals surface area contributed by atoms with Crippen molar-refractivity contribution < 1.29 is 14.7 Å². The second-order valence-electron chi connectivity index (χ2n) is 4.85. The average molecular weight is 257 g/mol. The molecular weight excluding hydrogens is 234 g/mol. The number of rotatable bonds is 6. The number of aliphatic carboxylic acids is 1. The third-order valence-corrected chi connectivity index (χ3v) is 3.08. The molecule has 0 aliphatic carbocycles. The number of carboxylic acids is 1. The molecule has 0 aromatic heterocycles. The lowest BCUT2D eigenvalue weighted by molar-refractivity contribution is -0.139. The Kier molecular flexibility index (Phi) is 6.07. The van der Waals surface area contributed by atoms with E-state index in [0.29, 0.717) is 6.54 Å². The van der Waals surface area contributed by atoms with Gasteiger partial charge in [0.15, 0.2) is 0 Å². The van der Waals surface area contributed by atoms with Crippen LogP contribution in [-0.4, -0.2) is 72.1 Å². The molecule has 0 radical (unpaired) electrons. The largest absolute Gasteiger partial charge is 0.481 e. The first kappa shape index (κ1) is 14.9. The summed E-state index contributed by atoms with van der Waals surface area (Å²) in [6, 6.07) is 0.0414. The van der Waals surface area contributed by atoms with E-state index in [2.05, 4.69) is 10.2 Å². The van der Waals surface area contributed by atoms with E-state index in [1.807, 2.05) is 13.8 Å². The van der Waals surface area contributed by atoms with E-state index in [1.165, 1.54) is 0 Å². The molecule has 0 bridgehead atoms. The van der Waals surface area contributed by atoms with Crippen LogP contribution in [0.3, 0.4) is 0 Å². The molecule has 1 rings (SSSR count). The van der Waals surface area contributed by atoms with Crippen molar-refractivity contribution in [1.29, 1.82) is 0 Å². The van der Waals surface area contributed by atoms with Crippen LogP contribution >= 0.6 is 0 Å². The summed E-state index contributed by atoms with van der Waals surface area (Å²) in [6.45, 7) is 8.06. The summed E-state index contributed by atoms with van der Waals surface area (Å²) in [5.74, 6) is -0.844. The van der Waals surface area contributed by atoms with Crippen molar-refractivity contribution in [3.05, 3.63) is 0 Å². The lowest BCUT2D eigenvalue weighted by Crippen LogP contribution is -2.50. The summed E-state index contributed by atoms with van der Waals surface area (Å²) >= 11 is 0. The standard InChI is InChI=1S/C12H23N3O3/c1-10(2)15(6-3-12(17)18)11(16)9-14-7-4-13-5-8-14/h10,13H,3-9H2,1-2H3,(H,17,18). The van der Waals surface area contributed by atoms with Gasteiger partial charge in [-0.1, -0.05) is 0 Å². The molecular formula is C12H23N3O3. The van der Waals surface area contributed by atoms with Crippen LogP contribution in [0, 0.1) is 0 Å². The Morgan fingerprint density at radius 1 is 1.33 bits per heavy atom. The zero-order chi connectivity index (χ0) is 13.5. The summed E-state index contributed by atoms with van der Waals surface area (Å²) in [5, 5.41) is 11.9. The minimum absolute atomic E-state index is 0.00543. The van der Waals surface area contributed by atoms with Gasteiger partial charge in [0.25, 0.3) is 0 Å². The Morgan fingerprint density at radius 2 is 1.94 bits per heavy atom. The van der Waals surface area contributed by atoms with Gasteiger partial charge < -0.3 is 15.3 Å². The normalized spacial score (nSPS) is 16.8. The molecule has 104 valence electrons. The molecule has 6 heteroatoms. The molecule has 0 atom stereocenters. The fourth-order valence-corrected chi connectivity index (χ4v) is 2.04. The first-order chi connectivity index (χ1) is 8.50. The SMILES string of the molecule is CC(C)N(CCC(=O)O)C(=O)CN1CCNCC1. The fraction of sp³-hybridized carbons (Fsp3) is 0.833. The molecule has 1 fully saturated rings. The molecule has 1 heterocycles. The van der Waals surface area contributed by atoms with E-state index >= 15 is 0 Å². The summed E-state index contributed by atoms with van der Waals surface area (Å²) in [6.07, 6.45) is 0.00543. The molecule has 18 heavy (non-hydrogen) atoms. The van der Waals surface area contributed by atoms with Gasteiger partial charge in [0.2, 0.25) is 5.91 Å². The number of nitrogens with zero attached hydrogens (tertiary/aromatic N) is 2. The highest BCUT2D eigenvalue weighted by Crippen LogP contribution is 2.03. The molecule has 1 aliphatic rings. The number of hydrogen-bond donors (Lipinski definition) is 2. The molecule has 1 amide bonds. The number of amides is 1. The third-order valence-electron chi connectivity index (χ3n) is 3.08. The van der Waals surface area contributed by atoms with Gasteiger partial charge in [-0.2, -0.15) is 0 Å². The summed E-state index contributed by atoms with van der Waals surface area (Å²) in [4.78, 5) is 26.5. The first-order valence-corrected chi connectivity index (χ1v) is 6.45. The van der Waals surface area contributed by atoms with E-state index in [0.717, 1.165) is 26.2 Å². The van der Waals surface area contributed by atoms with E-state index in [4.69, 9.17) is 5.11 Å². The quantitative estimate of drug-likeness (QED) is 0.677. The van der Waals surface area contributed by atoms with E-state index in [9.17, 15) is 9.59 Å². The molecule has 0 aromatic carbocycles. The lowest BCUT2D eigenvalue weighted by atomic mass is 10.2. The average Bonchev–Trinajstić information content (AvgIpc) is 2.29. The second kappa shape index (κ2) is 7.33. The molecule has 6 nitrogen and oxygen atoms in total. The highest BCUT2D eigenvalue weighted by atomic mass is 16.4. The van der Waals surface area contributed by atoms with Gasteiger partial charge in [-0.3, -0.25) is 14.5 Å². The molecule has 0 saturated carbocycles. The van der Waals surface area contributed by atoms with E-state index < -0.39 is 5.97 Å². The highest BCUT2D eigenvalue weighted by molar-refractivity contribution is 5.79. The first-order valence-electron chi connectivity index (χ1n) is 6.45. The second-order valence-corrected chi connectivity index (χ2v) is 4.85. The molecule has 2 N–H and O–H groups in total. The zero-order valence-electron chi connectivity index (χ0n) is 11.2. The van der Waals surface area contributed by atoms with Crippen LogP contribution < -0.4 is 5.32 Å². The van der Waals surface area contributed by atoms with Gasteiger partial charge in [0.05, 0.1) is 13.0 Å². The molecule has 0 aromatic rings. The van der Waals surface area contributed by atoms with Crippen LogP contribution in [0.4, 0.5) is 0 Å². The summed E-state index contributed by atoms with van der Waals surface area (Å²) < 4.78 is 0. The maximum atomic E-state index is 12.1. The van der Waals surface area contributed by atoms with Crippen LogP contribution in [0.5, 0.6) is 0 Å². The van der Waals surface area contributed by atoms with Crippen molar-refractivity contribution in [2.24, 2.45) is 0 Å². The van der Waals surface area contributed by atoms with Crippen molar-refractivity contribution in [2.45, 2.75) is 26.3 Å². The number of carbonyl (C=O) groups excluding carboxylic acids is 1. The smallest absolute Gasteiger partial charge is 0.305 e. The van der Waals surface area contributed by atoms with Gasteiger partial charge in [-0.25, -0.2) is 0 Å². The molecule has 0 spiro atoms. The monoisotopic (exact) mass is 257 g/mol. The minimum atomic E-state index is -0.865.